The number of Topliss-reactive ketones (excluding diaryl/α,β-unsaturated/α-hetero) is 1. The van der Waals surface area contributed by atoms with E-state index in [9.17, 15) is 14.9 Å². The molecule has 17 heavy (non-hydrogen) atoms. The Balaban J connectivity index is 3.21. The molecule has 0 aliphatic carbocycles. The summed E-state index contributed by atoms with van der Waals surface area (Å²) in [4.78, 5) is 24.1. The summed E-state index contributed by atoms with van der Waals surface area (Å²) >= 11 is 1.18. The lowest BCUT2D eigenvalue weighted by Gasteiger charge is -2.23. The standard InChI is InChI=1S/C11H16N2O3S/c1-5-7(2)12(4)11-9(13(15)16)6-10(17-11)8(3)14/h6-7H,5H2,1-4H3. The molecule has 0 aliphatic rings. The molecule has 0 bridgehead atoms. The first-order chi connectivity index (χ1) is 7.88. The van der Waals surface area contributed by atoms with Gasteiger partial charge in [-0.25, -0.2) is 0 Å². The smallest absolute Gasteiger partial charge is 0.304 e. The molecule has 0 aliphatic heterocycles. The summed E-state index contributed by atoms with van der Waals surface area (Å²) in [6.07, 6.45) is 0.890. The Bertz CT molecular complexity index is 442. The third-order valence-corrected chi connectivity index (χ3v) is 4.13. The molecular formula is C11H16N2O3S. The van der Waals surface area contributed by atoms with Crippen LogP contribution in [0.15, 0.2) is 6.07 Å². The van der Waals surface area contributed by atoms with Gasteiger partial charge in [0, 0.05) is 19.2 Å². The van der Waals surface area contributed by atoms with E-state index in [1.165, 1.54) is 24.3 Å². The van der Waals surface area contributed by atoms with Crippen LogP contribution in [0.3, 0.4) is 0 Å². The van der Waals surface area contributed by atoms with Crippen molar-refractivity contribution in [3.05, 3.63) is 21.1 Å². The number of thiophene rings is 1. The third kappa shape index (κ3) is 2.82. The molecule has 5 nitrogen and oxygen atoms in total. The van der Waals surface area contributed by atoms with Crippen molar-refractivity contribution in [3.63, 3.8) is 0 Å². The zero-order valence-corrected chi connectivity index (χ0v) is 11.2. The molecule has 1 rings (SSSR count). The number of hydrogen-bond acceptors (Lipinski definition) is 5. The van der Waals surface area contributed by atoms with Crippen LogP contribution < -0.4 is 4.90 Å². The number of carbonyl (C=O) groups is 1. The van der Waals surface area contributed by atoms with Crippen LogP contribution >= 0.6 is 11.3 Å². The molecule has 94 valence electrons. The lowest BCUT2D eigenvalue weighted by molar-refractivity contribution is -0.383. The molecule has 1 unspecified atom stereocenters. The number of ketones is 1. The van der Waals surface area contributed by atoms with Crippen molar-refractivity contribution < 1.29 is 9.72 Å². The third-order valence-electron chi connectivity index (χ3n) is 2.81. The highest BCUT2D eigenvalue weighted by Crippen LogP contribution is 2.38. The van der Waals surface area contributed by atoms with Gasteiger partial charge in [0.05, 0.1) is 9.80 Å². The topological polar surface area (TPSA) is 63.5 Å². The molecule has 0 spiro atoms. The van der Waals surface area contributed by atoms with Gasteiger partial charge in [-0.05, 0) is 20.3 Å². The van der Waals surface area contributed by atoms with E-state index in [-0.39, 0.29) is 17.5 Å². The van der Waals surface area contributed by atoms with Crippen molar-refractivity contribution in [1.29, 1.82) is 0 Å². The minimum atomic E-state index is -0.433. The summed E-state index contributed by atoms with van der Waals surface area (Å²) in [6, 6.07) is 1.56. The second-order valence-corrected chi connectivity index (χ2v) is 5.01. The number of nitrogens with zero attached hydrogens (tertiary/aromatic N) is 2. The van der Waals surface area contributed by atoms with Crippen molar-refractivity contribution in [2.75, 3.05) is 11.9 Å². The second-order valence-electron chi connectivity index (χ2n) is 3.98. The van der Waals surface area contributed by atoms with Gasteiger partial charge in [-0.2, -0.15) is 0 Å². The highest BCUT2D eigenvalue weighted by atomic mass is 32.1. The largest absolute Gasteiger partial charge is 0.358 e. The Labute approximate surface area is 104 Å². The van der Waals surface area contributed by atoms with Crippen LogP contribution in [0, 0.1) is 10.1 Å². The quantitative estimate of drug-likeness (QED) is 0.461. The SMILES string of the molecule is CCC(C)N(C)c1sc(C(C)=O)cc1[N+](=O)[O-]. The summed E-state index contributed by atoms with van der Waals surface area (Å²) < 4.78 is 0. The minimum absolute atomic E-state index is 0.0167. The summed E-state index contributed by atoms with van der Waals surface area (Å²) in [7, 11) is 1.82. The van der Waals surface area contributed by atoms with E-state index in [1.54, 1.807) is 0 Å². The average molecular weight is 256 g/mol. The van der Waals surface area contributed by atoms with E-state index in [2.05, 4.69) is 0 Å². The predicted molar refractivity (Wildman–Crippen MR) is 69.1 cm³/mol. The van der Waals surface area contributed by atoms with Gasteiger partial charge in [0.25, 0.3) is 0 Å². The van der Waals surface area contributed by atoms with Crippen molar-refractivity contribution in [2.24, 2.45) is 0 Å². The number of hydrogen-bond donors (Lipinski definition) is 0. The lowest BCUT2D eigenvalue weighted by atomic mass is 10.2. The van der Waals surface area contributed by atoms with Crippen LogP contribution in [0.1, 0.15) is 36.9 Å². The Morgan fingerprint density at radius 3 is 2.65 bits per heavy atom. The van der Waals surface area contributed by atoms with Crippen molar-refractivity contribution in [1.82, 2.24) is 0 Å². The molecule has 0 N–H and O–H groups in total. The van der Waals surface area contributed by atoms with Crippen molar-refractivity contribution in [3.8, 4) is 0 Å². The zero-order valence-electron chi connectivity index (χ0n) is 10.4. The van der Waals surface area contributed by atoms with E-state index in [0.717, 1.165) is 6.42 Å². The van der Waals surface area contributed by atoms with E-state index in [4.69, 9.17) is 0 Å². The maximum Gasteiger partial charge on any atom is 0.304 e. The summed E-state index contributed by atoms with van der Waals surface area (Å²) in [5.74, 6) is -0.137. The van der Waals surface area contributed by atoms with Gasteiger partial charge in [0.2, 0.25) is 0 Å². The van der Waals surface area contributed by atoms with Gasteiger partial charge in [-0.1, -0.05) is 6.92 Å². The average Bonchev–Trinajstić information content (AvgIpc) is 2.71. The van der Waals surface area contributed by atoms with E-state index < -0.39 is 4.92 Å². The van der Waals surface area contributed by atoms with Gasteiger partial charge in [-0.15, -0.1) is 11.3 Å². The van der Waals surface area contributed by atoms with Gasteiger partial charge >= 0.3 is 5.69 Å². The van der Waals surface area contributed by atoms with E-state index >= 15 is 0 Å². The number of carbonyl (C=O) groups excluding carboxylic acids is 1. The normalized spacial score (nSPS) is 12.2. The fourth-order valence-electron chi connectivity index (χ4n) is 1.40. The lowest BCUT2D eigenvalue weighted by Crippen LogP contribution is -2.27. The molecule has 0 aromatic carbocycles. The first-order valence-corrected chi connectivity index (χ1v) is 6.22. The van der Waals surface area contributed by atoms with Crippen molar-refractivity contribution in [2.45, 2.75) is 33.2 Å². The maximum atomic E-state index is 11.3. The van der Waals surface area contributed by atoms with Crippen LogP contribution in [0.4, 0.5) is 10.7 Å². The Kier molecular flexibility index (Phi) is 4.22. The van der Waals surface area contributed by atoms with Crippen LogP contribution in [0.2, 0.25) is 0 Å². The predicted octanol–water partition coefficient (Wildman–Crippen LogP) is 3.09. The fourth-order valence-corrected chi connectivity index (χ4v) is 2.49. The minimum Gasteiger partial charge on any atom is -0.358 e. The zero-order chi connectivity index (χ0) is 13.2. The first-order valence-electron chi connectivity index (χ1n) is 5.40. The Morgan fingerprint density at radius 2 is 2.24 bits per heavy atom. The molecule has 1 aromatic rings. The van der Waals surface area contributed by atoms with Gasteiger partial charge in [0.1, 0.15) is 0 Å². The highest BCUT2D eigenvalue weighted by Gasteiger charge is 2.25. The molecule has 1 atom stereocenters. The maximum absolute atomic E-state index is 11.3. The molecule has 0 fully saturated rings. The molecule has 6 heteroatoms. The fraction of sp³-hybridized carbons (Fsp3) is 0.545. The molecule has 1 heterocycles. The van der Waals surface area contributed by atoms with Gasteiger partial charge in [0.15, 0.2) is 10.8 Å². The van der Waals surface area contributed by atoms with E-state index in [1.807, 2.05) is 25.8 Å². The first kappa shape index (κ1) is 13.6. The van der Waals surface area contributed by atoms with Gasteiger partial charge in [-0.3, -0.25) is 14.9 Å². The molecular weight excluding hydrogens is 240 g/mol. The molecule has 0 saturated carbocycles. The van der Waals surface area contributed by atoms with Crippen LogP contribution in [0.25, 0.3) is 0 Å². The van der Waals surface area contributed by atoms with Gasteiger partial charge < -0.3 is 4.90 Å². The molecule has 1 aromatic heterocycles. The Hall–Kier alpha value is -1.43. The summed E-state index contributed by atoms with van der Waals surface area (Å²) in [6.45, 7) is 5.44. The van der Waals surface area contributed by atoms with Crippen LogP contribution in [0.5, 0.6) is 0 Å². The van der Waals surface area contributed by atoms with Crippen molar-refractivity contribution >= 4 is 27.8 Å². The Morgan fingerprint density at radius 1 is 1.65 bits per heavy atom. The van der Waals surface area contributed by atoms with Crippen LogP contribution in [-0.4, -0.2) is 23.8 Å². The number of nitro groups is 1. The van der Waals surface area contributed by atoms with E-state index in [0.29, 0.717) is 9.88 Å². The second kappa shape index (κ2) is 5.27. The van der Waals surface area contributed by atoms with Crippen LogP contribution in [-0.2, 0) is 0 Å². The monoisotopic (exact) mass is 256 g/mol. The summed E-state index contributed by atoms with van der Waals surface area (Å²) in [5.41, 5.74) is 0.0167. The number of rotatable bonds is 5. The molecule has 0 saturated heterocycles. The summed E-state index contributed by atoms with van der Waals surface area (Å²) in [5, 5.41) is 11.5. The molecule has 0 radical (unpaired) electrons. The molecule has 0 amide bonds. The number of anilines is 1. The highest BCUT2D eigenvalue weighted by molar-refractivity contribution is 7.18.